The van der Waals surface area contributed by atoms with Gasteiger partial charge in [0, 0.05) is 6.20 Å². The van der Waals surface area contributed by atoms with Crippen molar-refractivity contribution >= 4 is 11.9 Å². The molecular weight excluding hydrogens is 332 g/mol. The molecule has 0 spiro atoms. The van der Waals surface area contributed by atoms with Crippen LogP contribution in [0.1, 0.15) is 43.0 Å². The summed E-state index contributed by atoms with van der Waals surface area (Å²) in [6.45, 7) is 1.66. The summed E-state index contributed by atoms with van der Waals surface area (Å²) in [6, 6.07) is 9.20. The number of anilines is 1. The standard InChI is InChI=1S/C19H26N4O3/c1-11(18(20)26)14-10-23(19(21)22-14)15(9-12-5-3-2-4-6-12)17(25)16(24)13-7-8-13/h2-6,10-11,13,15-17,24-25H,7-9H2,1H3,(H2,20,26)(H2,21,22)/t11-,15-,16-,17+/m0/s1. The average molecular weight is 358 g/mol. The number of nitrogens with two attached hydrogens (primary N) is 2. The van der Waals surface area contributed by atoms with E-state index in [0.717, 1.165) is 18.4 Å². The lowest BCUT2D eigenvalue weighted by Gasteiger charge is -2.29. The Labute approximate surface area is 152 Å². The van der Waals surface area contributed by atoms with Gasteiger partial charge in [0.1, 0.15) is 6.10 Å². The Bertz CT molecular complexity index is 757. The maximum atomic E-state index is 11.5. The molecule has 0 bridgehead atoms. The fourth-order valence-electron chi connectivity index (χ4n) is 3.23. The summed E-state index contributed by atoms with van der Waals surface area (Å²) in [5.74, 6) is -0.762. The number of amides is 1. The lowest BCUT2D eigenvalue weighted by molar-refractivity contribution is -0.119. The first kappa shape index (κ1) is 18.4. The zero-order valence-electron chi connectivity index (χ0n) is 14.8. The topological polar surface area (TPSA) is 127 Å². The van der Waals surface area contributed by atoms with Gasteiger partial charge in [-0.3, -0.25) is 4.79 Å². The van der Waals surface area contributed by atoms with Gasteiger partial charge in [-0.15, -0.1) is 0 Å². The molecule has 140 valence electrons. The van der Waals surface area contributed by atoms with Crippen molar-refractivity contribution in [1.29, 1.82) is 0 Å². The third kappa shape index (κ3) is 3.89. The fraction of sp³-hybridized carbons (Fsp3) is 0.474. The number of nitrogen functional groups attached to an aromatic ring is 1. The van der Waals surface area contributed by atoms with Crippen LogP contribution in [-0.4, -0.2) is 37.9 Å². The second kappa shape index (κ2) is 7.47. The molecule has 6 N–H and O–H groups in total. The molecule has 0 saturated heterocycles. The van der Waals surface area contributed by atoms with Gasteiger partial charge in [-0.25, -0.2) is 4.98 Å². The van der Waals surface area contributed by atoms with Crippen LogP contribution in [0.25, 0.3) is 0 Å². The number of imidazole rings is 1. The molecule has 7 heteroatoms. The van der Waals surface area contributed by atoms with Gasteiger partial charge in [0.05, 0.1) is 23.8 Å². The summed E-state index contributed by atoms with van der Waals surface area (Å²) in [5, 5.41) is 21.3. The minimum Gasteiger partial charge on any atom is -0.390 e. The zero-order chi connectivity index (χ0) is 18.8. The third-order valence-electron chi connectivity index (χ3n) is 5.14. The number of aliphatic hydroxyl groups excluding tert-OH is 2. The number of aromatic nitrogens is 2. The van der Waals surface area contributed by atoms with Gasteiger partial charge >= 0.3 is 0 Å². The van der Waals surface area contributed by atoms with E-state index in [-0.39, 0.29) is 11.9 Å². The Balaban J connectivity index is 1.93. The van der Waals surface area contributed by atoms with Crippen LogP contribution in [0.5, 0.6) is 0 Å². The second-order valence-electron chi connectivity index (χ2n) is 7.13. The average Bonchev–Trinajstić information content (AvgIpc) is 3.41. The largest absolute Gasteiger partial charge is 0.390 e. The Morgan fingerprint density at radius 3 is 2.54 bits per heavy atom. The van der Waals surface area contributed by atoms with Crippen molar-refractivity contribution in [3.05, 3.63) is 47.8 Å². The first-order valence-electron chi connectivity index (χ1n) is 8.92. The van der Waals surface area contributed by atoms with E-state index < -0.39 is 30.1 Å². The molecule has 1 aromatic heterocycles. The Hall–Kier alpha value is -2.38. The Kier molecular flexibility index (Phi) is 5.29. The molecule has 0 aliphatic heterocycles. The number of benzene rings is 1. The van der Waals surface area contributed by atoms with Crippen LogP contribution in [-0.2, 0) is 11.2 Å². The summed E-state index contributed by atoms with van der Waals surface area (Å²) in [5.41, 5.74) is 12.9. The van der Waals surface area contributed by atoms with Crippen LogP contribution < -0.4 is 11.5 Å². The Morgan fingerprint density at radius 1 is 1.31 bits per heavy atom. The van der Waals surface area contributed by atoms with E-state index >= 15 is 0 Å². The van der Waals surface area contributed by atoms with E-state index in [1.165, 1.54) is 0 Å². The number of carbonyl (C=O) groups excluding carboxylic acids is 1. The van der Waals surface area contributed by atoms with E-state index in [1.807, 2.05) is 30.3 Å². The summed E-state index contributed by atoms with van der Waals surface area (Å²) >= 11 is 0. The molecule has 1 heterocycles. The lowest BCUT2D eigenvalue weighted by atomic mass is 9.95. The number of primary amides is 1. The van der Waals surface area contributed by atoms with Crippen LogP contribution in [0.15, 0.2) is 36.5 Å². The molecule has 26 heavy (non-hydrogen) atoms. The van der Waals surface area contributed by atoms with E-state index in [9.17, 15) is 15.0 Å². The number of rotatable bonds is 8. The van der Waals surface area contributed by atoms with Crippen LogP contribution >= 0.6 is 0 Å². The number of carbonyl (C=O) groups is 1. The summed E-state index contributed by atoms with van der Waals surface area (Å²) in [7, 11) is 0. The maximum Gasteiger partial charge on any atom is 0.226 e. The maximum absolute atomic E-state index is 11.5. The summed E-state index contributed by atoms with van der Waals surface area (Å²) in [6.07, 6.45) is 2.16. The molecule has 4 atom stereocenters. The predicted octanol–water partition coefficient (Wildman–Crippen LogP) is 0.970. The normalized spacial score (nSPS) is 18.9. The third-order valence-corrected chi connectivity index (χ3v) is 5.14. The van der Waals surface area contributed by atoms with Crippen LogP contribution in [0.3, 0.4) is 0 Å². The van der Waals surface area contributed by atoms with Gasteiger partial charge in [0.2, 0.25) is 11.9 Å². The Morgan fingerprint density at radius 2 is 1.96 bits per heavy atom. The lowest BCUT2D eigenvalue weighted by Crippen LogP contribution is -2.38. The summed E-state index contributed by atoms with van der Waals surface area (Å²) in [4.78, 5) is 15.7. The first-order chi connectivity index (χ1) is 12.4. The van der Waals surface area contributed by atoms with Crippen molar-refractivity contribution in [2.75, 3.05) is 5.73 Å². The quantitative estimate of drug-likeness (QED) is 0.559. The van der Waals surface area contributed by atoms with Crippen molar-refractivity contribution in [1.82, 2.24) is 9.55 Å². The summed E-state index contributed by atoms with van der Waals surface area (Å²) < 4.78 is 1.65. The second-order valence-corrected chi connectivity index (χ2v) is 7.13. The minimum absolute atomic E-state index is 0.122. The molecule has 1 aliphatic carbocycles. The number of hydrogen-bond acceptors (Lipinski definition) is 5. The highest BCUT2D eigenvalue weighted by Crippen LogP contribution is 2.37. The van der Waals surface area contributed by atoms with E-state index in [4.69, 9.17) is 11.5 Å². The van der Waals surface area contributed by atoms with Crippen molar-refractivity contribution in [2.24, 2.45) is 11.7 Å². The predicted molar refractivity (Wildman–Crippen MR) is 98.2 cm³/mol. The molecular formula is C19H26N4O3. The van der Waals surface area contributed by atoms with Crippen molar-refractivity contribution in [3.8, 4) is 0 Å². The monoisotopic (exact) mass is 358 g/mol. The molecule has 1 amide bonds. The molecule has 1 aromatic carbocycles. The van der Waals surface area contributed by atoms with Crippen LogP contribution in [0.4, 0.5) is 5.95 Å². The van der Waals surface area contributed by atoms with Crippen molar-refractivity contribution < 1.29 is 15.0 Å². The molecule has 0 unspecified atom stereocenters. The fourth-order valence-corrected chi connectivity index (χ4v) is 3.23. The number of aliphatic hydroxyl groups is 2. The van der Waals surface area contributed by atoms with Crippen molar-refractivity contribution in [3.63, 3.8) is 0 Å². The van der Waals surface area contributed by atoms with Crippen LogP contribution in [0.2, 0.25) is 0 Å². The van der Waals surface area contributed by atoms with Gasteiger partial charge in [-0.1, -0.05) is 30.3 Å². The van der Waals surface area contributed by atoms with Gasteiger partial charge < -0.3 is 26.2 Å². The van der Waals surface area contributed by atoms with Gasteiger partial charge in [-0.05, 0) is 37.7 Å². The highest BCUT2D eigenvalue weighted by atomic mass is 16.3. The first-order valence-corrected chi connectivity index (χ1v) is 8.92. The van der Waals surface area contributed by atoms with Gasteiger partial charge in [0.15, 0.2) is 0 Å². The highest BCUT2D eigenvalue weighted by molar-refractivity contribution is 5.80. The zero-order valence-corrected chi connectivity index (χ0v) is 14.8. The van der Waals surface area contributed by atoms with Crippen molar-refractivity contribution in [2.45, 2.75) is 50.4 Å². The number of nitrogens with zero attached hydrogens (tertiary/aromatic N) is 2. The van der Waals surface area contributed by atoms with E-state index in [1.54, 1.807) is 17.7 Å². The van der Waals surface area contributed by atoms with Crippen LogP contribution in [0, 0.1) is 5.92 Å². The molecule has 7 nitrogen and oxygen atoms in total. The minimum atomic E-state index is -0.990. The molecule has 3 rings (SSSR count). The van der Waals surface area contributed by atoms with E-state index in [2.05, 4.69) is 4.98 Å². The molecule has 1 fully saturated rings. The van der Waals surface area contributed by atoms with E-state index in [0.29, 0.717) is 12.1 Å². The highest BCUT2D eigenvalue weighted by Gasteiger charge is 2.39. The van der Waals surface area contributed by atoms with Gasteiger partial charge in [0.25, 0.3) is 0 Å². The number of hydrogen-bond donors (Lipinski definition) is 4. The smallest absolute Gasteiger partial charge is 0.226 e. The molecule has 0 radical (unpaired) electrons. The molecule has 1 saturated carbocycles. The molecule has 1 aliphatic rings. The SMILES string of the molecule is C[C@H](C(N)=O)c1cn([C@@H](Cc2ccccc2)[C@@H](O)[C@@H](O)C2CC2)c(N)n1. The molecule has 2 aromatic rings. The van der Waals surface area contributed by atoms with Gasteiger partial charge in [-0.2, -0.15) is 0 Å².